The predicted molar refractivity (Wildman–Crippen MR) is 138 cm³/mol. The van der Waals surface area contributed by atoms with Crippen LogP contribution < -0.4 is 16.4 Å². The van der Waals surface area contributed by atoms with E-state index in [-0.39, 0.29) is 10.7 Å². The Morgan fingerprint density at radius 1 is 0.944 bits per heavy atom. The topological polar surface area (TPSA) is 140 Å². The van der Waals surface area contributed by atoms with Gasteiger partial charge in [-0.1, -0.05) is 17.7 Å². The molecule has 2 heterocycles. The molecule has 0 spiro atoms. The van der Waals surface area contributed by atoms with E-state index in [9.17, 15) is 13.2 Å². The van der Waals surface area contributed by atoms with E-state index < -0.39 is 20.6 Å². The van der Waals surface area contributed by atoms with Gasteiger partial charge in [0, 0.05) is 28.5 Å². The molecule has 11 heteroatoms. The third kappa shape index (κ3) is 4.60. The van der Waals surface area contributed by atoms with Crippen LogP contribution in [0.25, 0.3) is 11.4 Å². The molecule has 2 aromatic carbocycles. The quantitative estimate of drug-likeness (QED) is 0.329. The lowest BCUT2D eigenvalue weighted by molar-refractivity contribution is 0.262. The molecule has 0 radical (unpaired) electrons. The fourth-order valence-electron chi connectivity index (χ4n) is 3.86. The maximum atomic E-state index is 13.5. The third-order valence-corrected chi connectivity index (χ3v) is 8.65. The summed E-state index contributed by atoms with van der Waals surface area (Å²) >= 11 is 5.93. The van der Waals surface area contributed by atoms with Crippen molar-refractivity contribution in [2.45, 2.75) is 22.5 Å². The molecule has 5 rings (SSSR count). The van der Waals surface area contributed by atoms with Gasteiger partial charge in [-0.15, -0.1) is 0 Å². The van der Waals surface area contributed by atoms with Crippen LogP contribution in [-0.4, -0.2) is 29.4 Å². The standard InChI is InChI=1S/C25H21ClN6O3S/c26-17-6-10-19(11-7-17)36(34,35)25(12-13-25)20-15-21(27)31-23(30-20)16-4-8-18(9-5-16)29-24(33)32-22-3-1-2-14-28-22/h1-11,14-15H,12-13H2,(H2,27,30,31)(H2,28,29,32,33). The zero-order valence-electron chi connectivity index (χ0n) is 18.8. The van der Waals surface area contributed by atoms with Gasteiger partial charge >= 0.3 is 6.03 Å². The molecule has 1 aliphatic rings. The molecule has 36 heavy (non-hydrogen) atoms. The number of aromatic nitrogens is 3. The van der Waals surface area contributed by atoms with E-state index in [1.165, 1.54) is 18.2 Å². The van der Waals surface area contributed by atoms with Crippen molar-refractivity contribution in [3.8, 4) is 11.4 Å². The number of nitrogens with one attached hydrogen (secondary N) is 2. The molecule has 0 saturated heterocycles. The minimum Gasteiger partial charge on any atom is -0.384 e. The second-order valence-corrected chi connectivity index (χ2v) is 11.0. The van der Waals surface area contributed by atoms with E-state index in [4.69, 9.17) is 17.3 Å². The number of urea groups is 1. The molecule has 1 fully saturated rings. The number of benzene rings is 2. The Hall–Kier alpha value is -4.02. The zero-order valence-corrected chi connectivity index (χ0v) is 20.4. The molecule has 0 aliphatic heterocycles. The molecule has 0 atom stereocenters. The SMILES string of the molecule is Nc1cc(C2(S(=O)(=O)c3ccc(Cl)cc3)CC2)nc(-c2ccc(NC(=O)Nc3ccccn3)cc2)n1. The maximum Gasteiger partial charge on any atom is 0.324 e. The Bertz CT molecular complexity index is 1520. The molecule has 182 valence electrons. The Labute approximate surface area is 212 Å². The van der Waals surface area contributed by atoms with Crippen LogP contribution in [0.15, 0.2) is 83.9 Å². The van der Waals surface area contributed by atoms with Gasteiger partial charge in [-0.25, -0.2) is 28.2 Å². The molecule has 1 aliphatic carbocycles. The summed E-state index contributed by atoms with van der Waals surface area (Å²) in [7, 11) is -3.72. The summed E-state index contributed by atoms with van der Waals surface area (Å²) in [5, 5.41) is 5.82. The number of rotatable bonds is 6. The number of hydrogen-bond donors (Lipinski definition) is 3. The summed E-state index contributed by atoms with van der Waals surface area (Å²) in [5.41, 5.74) is 7.58. The smallest absolute Gasteiger partial charge is 0.324 e. The molecular weight excluding hydrogens is 500 g/mol. The second-order valence-electron chi connectivity index (χ2n) is 8.32. The molecule has 4 N–H and O–H groups in total. The first-order valence-corrected chi connectivity index (χ1v) is 12.9. The number of carbonyl (C=O) groups is 1. The summed E-state index contributed by atoms with van der Waals surface area (Å²) in [6.45, 7) is 0. The average Bonchev–Trinajstić information content (AvgIpc) is 3.68. The van der Waals surface area contributed by atoms with Crippen LogP contribution in [0.2, 0.25) is 5.02 Å². The van der Waals surface area contributed by atoms with Crippen molar-refractivity contribution in [2.24, 2.45) is 0 Å². The van der Waals surface area contributed by atoms with E-state index in [0.717, 1.165) is 0 Å². The number of halogens is 1. The minimum atomic E-state index is -3.72. The van der Waals surface area contributed by atoms with Gasteiger partial charge in [0.15, 0.2) is 15.7 Å². The van der Waals surface area contributed by atoms with Gasteiger partial charge < -0.3 is 11.1 Å². The number of hydrogen-bond acceptors (Lipinski definition) is 7. The summed E-state index contributed by atoms with van der Waals surface area (Å²) in [4.78, 5) is 25.3. The van der Waals surface area contributed by atoms with E-state index in [1.54, 1.807) is 60.8 Å². The Balaban J connectivity index is 1.38. The van der Waals surface area contributed by atoms with Crippen molar-refractivity contribution in [2.75, 3.05) is 16.4 Å². The molecule has 0 unspecified atom stereocenters. The predicted octanol–water partition coefficient (Wildman–Crippen LogP) is 4.88. The first kappa shape index (κ1) is 23.7. The highest BCUT2D eigenvalue weighted by Crippen LogP contribution is 2.55. The molecule has 9 nitrogen and oxygen atoms in total. The number of nitrogen functional groups attached to an aromatic ring is 1. The third-order valence-electron chi connectivity index (χ3n) is 5.86. The van der Waals surface area contributed by atoms with E-state index in [2.05, 4.69) is 25.6 Å². The van der Waals surface area contributed by atoms with Crippen molar-refractivity contribution in [3.05, 3.63) is 89.7 Å². The van der Waals surface area contributed by atoms with Crippen molar-refractivity contribution < 1.29 is 13.2 Å². The number of carbonyl (C=O) groups excluding carboxylic acids is 1. The summed E-state index contributed by atoms with van der Waals surface area (Å²) < 4.78 is 25.8. The average molecular weight is 521 g/mol. The summed E-state index contributed by atoms with van der Waals surface area (Å²) in [6.07, 6.45) is 2.45. The second kappa shape index (κ2) is 9.21. The number of nitrogens with zero attached hydrogens (tertiary/aromatic N) is 3. The van der Waals surface area contributed by atoms with Crippen LogP contribution in [0.1, 0.15) is 18.5 Å². The Morgan fingerprint density at radius 3 is 2.31 bits per heavy atom. The normalized spacial score (nSPS) is 14.1. The van der Waals surface area contributed by atoms with E-state index in [0.29, 0.717) is 46.5 Å². The van der Waals surface area contributed by atoms with Gasteiger partial charge in [-0.2, -0.15) is 0 Å². The lowest BCUT2D eigenvalue weighted by Crippen LogP contribution is -2.23. The van der Waals surface area contributed by atoms with Crippen molar-refractivity contribution >= 4 is 44.8 Å². The van der Waals surface area contributed by atoms with Crippen LogP contribution in [0, 0.1) is 0 Å². The molecular formula is C25H21ClN6O3S. The largest absolute Gasteiger partial charge is 0.384 e. The van der Waals surface area contributed by atoms with Crippen LogP contribution in [-0.2, 0) is 14.6 Å². The number of amides is 2. The maximum absolute atomic E-state index is 13.5. The van der Waals surface area contributed by atoms with Crippen molar-refractivity contribution in [3.63, 3.8) is 0 Å². The van der Waals surface area contributed by atoms with Crippen molar-refractivity contribution in [1.29, 1.82) is 0 Å². The number of anilines is 3. The lowest BCUT2D eigenvalue weighted by atomic mass is 10.1. The monoisotopic (exact) mass is 520 g/mol. The fourth-order valence-corrected chi connectivity index (χ4v) is 5.95. The van der Waals surface area contributed by atoms with Gasteiger partial charge in [-0.05, 0) is 73.5 Å². The first-order valence-electron chi connectivity index (χ1n) is 11.0. The minimum absolute atomic E-state index is 0.171. The molecule has 2 amide bonds. The van der Waals surface area contributed by atoms with Gasteiger partial charge in [0.05, 0.1) is 10.6 Å². The van der Waals surface area contributed by atoms with Gasteiger partial charge in [0.25, 0.3) is 0 Å². The molecule has 1 saturated carbocycles. The lowest BCUT2D eigenvalue weighted by Gasteiger charge is -2.17. The van der Waals surface area contributed by atoms with Crippen molar-refractivity contribution in [1.82, 2.24) is 15.0 Å². The van der Waals surface area contributed by atoms with Crippen LogP contribution in [0.3, 0.4) is 0 Å². The zero-order chi connectivity index (χ0) is 25.3. The highest BCUT2D eigenvalue weighted by Gasteiger charge is 2.57. The highest BCUT2D eigenvalue weighted by atomic mass is 35.5. The Kier molecular flexibility index (Phi) is 6.07. The van der Waals surface area contributed by atoms with Gasteiger partial charge in [-0.3, -0.25) is 5.32 Å². The van der Waals surface area contributed by atoms with Gasteiger partial charge in [0.2, 0.25) is 0 Å². The van der Waals surface area contributed by atoms with Crippen LogP contribution in [0.4, 0.5) is 22.1 Å². The molecule has 2 aromatic heterocycles. The van der Waals surface area contributed by atoms with Gasteiger partial charge in [0.1, 0.15) is 16.4 Å². The summed E-state index contributed by atoms with van der Waals surface area (Å²) in [6, 6.07) is 19.2. The van der Waals surface area contributed by atoms with Crippen LogP contribution in [0.5, 0.6) is 0 Å². The summed E-state index contributed by atoms with van der Waals surface area (Å²) in [5.74, 6) is 0.895. The molecule has 4 aromatic rings. The fraction of sp³-hybridized carbons (Fsp3) is 0.120. The Morgan fingerprint density at radius 2 is 1.67 bits per heavy atom. The molecule has 0 bridgehead atoms. The van der Waals surface area contributed by atoms with Crippen LogP contribution >= 0.6 is 11.6 Å². The number of pyridine rings is 1. The number of sulfone groups is 1. The first-order chi connectivity index (χ1) is 17.3. The highest BCUT2D eigenvalue weighted by molar-refractivity contribution is 7.92. The van der Waals surface area contributed by atoms with E-state index >= 15 is 0 Å². The van der Waals surface area contributed by atoms with E-state index in [1.807, 2.05) is 0 Å². The number of nitrogens with two attached hydrogens (primary N) is 1.